The van der Waals surface area contributed by atoms with Crippen molar-refractivity contribution in [3.8, 4) is 0 Å². The van der Waals surface area contributed by atoms with Crippen molar-refractivity contribution >= 4 is 179 Å². The highest BCUT2D eigenvalue weighted by atomic mass is 79.9. The van der Waals surface area contributed by atoms with Crippen LogP contribution in [0, 0.1) is 51.0 Å². The van der Waals surface area contributed by atoms with Gasteiger partial charge in [0, 0.05) is 0 Å². The van der Waals surface area contributed by atoms with Crippen LogP contribution >= 0.6 is 133 Å². The molecule has 532 valence electrons. The summed E-state index contributed by atoms with van der Waals surface area (Å²) in [4.78, 5) is 120. The van der Waals surface area contributed by atoms with E-state index in [1.807, 2.05) is 0 Å². The lowest BCUT2D eigenvalue weighted by atomic mass is 10.2. The van der Waals surface area contributed by atoms with E-state index in [2.05, 4.69) is 91.6 Å². The molecule has 0 bridgehead atoms. The summed E-state index contributed by atoms with van der Waals surface area (Å²) in [5.41, 5.74) is 1.25. The molecule has 8 aromatic rings. The number of carbonyl (C=O) groups excluding carboxylic acids is 4. The average Bonchev–Trinajstić information content (AvgIpc) is 1.66. The van der Waals surface area contributed by atoms with Gasteiger partial charge < -0.3 is 60.4 Å². The Kier molecular flexibility index (Phi) is 29.6. The Morgan fingerprint density at radius 3 is 1.05 bits per heavy atom. The molecule has 4 amide bonds. The molecule has 12 N–H and O–H groups in total. The maximum atomic E-state index is 13.9. The van der Waals surface area contributed by atoms with Crippen molar-refractivity contribution in [1.82, 2.24) is 39.1 Å². The molecular formula is C50H48Br2Cl6F4N12O20P4. The van der Waals surface area contributed by atoms with E-state index in [4.69, 9.17) is 109 Å². The van der Waals surface area contributed by atoms with Gasteiger partial charge in [-0.2, -0.15) is 20.4 Å². The summed E-state index contributed by atoms with van der Waals surface area (Å²) in [7, 11) is -19.3. The highest BCUT2D eigenvalue weighted by Crippen LogP contribution is 2.44. The summed E-state index contributed by atoms with van der Waals surface area (Å²) in [5, 5.41) is 22.8. The van der Waals surface area contributed by atoms with Crippen LogP contribution in [-0.2, 0) is 49.8 Å². The predicted molar refractivity (Wildman–Crippen MR) is 353 cm³/mol. The lowest BCUT2D eigenvalue weighted by Crippen LogP contribution is -2.22. The highest BCUT2D eigenvalue weighted by Gasteiger charge is 2.32. The number of hydrogen-bond acceptors (Lipinski definition) is 16. The Hall–Kier alpha value is -5.54. The van der Waals surface area contributed by atoms with Crippen molar-refractivity contribution in [3.05, 3.63) is 181 Å². The van der Waals surface area contributed by atoms with Crippen LogP contribution in [0.2, 0.25) is 30.7 Å². The van der Waals surface area contributed by atoms with Gasteiger partial charge in [-0.15, -0.1) is 0 Å². The molecular weight excluding hydrogens is 1660 g/mol. The SMILES string of the molecule is Cc1ccc(NC(=O)c2c(Br)c(Cl)nn2C(C)OP(=O)(O)O)c(F)c1.Cc1ccc(NC(=O)c2c(Br)c(Cl)nn2COP(=O)(O)O)c(F)c1.Cc1ccc(NC(=O)c2c(Cl)c(Cl)nn2C(C)OP(=O)(O)O)c(F)c1.Cc1ccc(NC(=O)c2c(Cl)c(Cl)nn2COP(=O)(O)O)c(F)c1. The first-order chi connectivity index (χ1) is 45.1. The first-order valence-electron chi connectivity index (χ1n) is 26.0. The number of hydrogen-bond donors (Lipinski definition) is 12. The zero-order chi connectivity index (χ0) is 74.0. The quantitative estimate of drug-likeness (QED) is 0.0249. The normalized spacial score (nSPS) is 12.3. The third kappa shape index (κ3) is 24.3. The molecule has 0 saturated carbocycles. The van der Waals surface area contributed by atoms with E-state index >= 15 is 0 Å². The summed E-state index contributed by atoms with van der Waals surface area (Å²) >= 11 is 41.1. The van der Waals surface area contributed by atoms with Crippen molar-refractivity contribution in [2.75, 3.05) is 21.3 Å². The second-order valence-corrected chi connectivity index (χ2v) is 28.0. The van der Waals surface area contributed by atoms with Gasteiger partial charge in [0.15, 0.2) is 46.5 Å². The molecule has 0 fully saturated rings. The Balaban J connectivity index is 0.000000236. The summed E-state index contributed by atoms with van der Waals surface area (Å²) < 4.78 is 120. The molecule has 98 heavy (non-hydrogen) atoms. The van der Waals surface area contributed by atoms with Gasteiger partial charge in [0.1, 0.15) is 56.1 Å². The summed E-state index contributed by atoms with van der Waals surface area (Å²) in [6.45, 7) is 7.73. The minimum absolute atomic E-state index is 0.0698. The molecule has 0 aliphatic carbocycles. The number of halogens is 12. The van der Waals surface area contributed by atoms with E-state index in [9.17, 15) is 55.0 Å². The fraction of sp³-hybridized carbons (Fsp3) is 0.200. The smallest absolute Gasteiger partial charge is 0.318 e. The van der Waals surface area contributed by atoms with Crippen molar-refractivity contribution in [2.24, 2.45) is 0 Å². The molecule has 2 unspecified atom stereocenters. The third-order valence-corrected chi connectivity index (χ3v) is 17.6. The number of aryl methyl sites for hydroxylation is 4. The molecule has 0 saturated heterocycles. The average molecular weight is 1710 g/mol. The zero-order valence-electron chi connectivity index (χ0n) is 49.9. The Morgan fingerprint density at radius 1 is 0.439 bits per heavy atom. The molecule has 0 aliphatic rings. The first kappa shape index (κ1) is 83.1. The number of aromatic nitrogens is 8. The number of rotatable bonds is 20. The zero-order valence-corrected chi connectivity index (χ0v) is 61.2. The van der Waals surface area contributed by atoms with Gasteiger partial charge in [-0.05, 0) is 144 Å². The third-order valence-electron chi connectivity index (χ3n) is 11.7. The number of nitrogens with zero attached hydrogens (tertiary/aromatic N) is 8. The number of phosphoric acid groups is 4. The largest absolute Gasteiger partial charge is 0.471 e. The van der Waals surface area contributed by atoms with Gasteiger partial charge in [-0.25, -0.2) is 54.5 Å². The standard InChI is InChI=1S/C13H13BrClFN3O5P.C13H13Cl2FN3O5P.C12H11BrClFN3O5P.C12H11Cl2FN3O5P/c2*1-6-3-4-9(8(16)5-6)17-13(20)11-10(14)12(15)18-19(11)7(2)24-25(21,22)23;2*1-6-2-3-8(7(15)4-6)16-12(19)10-9(13)11(14)17-18(10)5-23-24(20,21)22/h2*3-5,7H,1-2H3,(H,17,20)(H2,21,22,23);2*2-4H,5H2,1H3,(H,16,19)(H2,20,21,22). The summed E-state index contributed by atoms with van der Waals surface area (Å²) in [5.74, 6) is -5.95. The Bertz CT molecular complexity index is 4260. The molecule has 0 aliphatic heterocycles. The van der Waals surface area contributed by atoms with Crippen LogP contribution in [-0.4, -0.2) is 102 Å². The molecule has 4 aromatic heterocycles. The van der Waals surface area contributed by atoms with E-state index < -0.39 is 104 Å². The van der Waals surface area contributed by atoms with Crippen LogP contribution in [0.3, 0.4) is 0 Å². The summed E-state index contributed by atoms with van der Waals surface area (Å²) in [6, 6.07) is 16.8. The Labute approximate surface area is 595 Å². The lowest BCUT2D eigenvalue weighted by molar-refractivity contribution is 0.0801. The van der Waals surface area contributed by atoms with Crippen LogP contribution in [0.1, 0.15) is 90.5 Å². The second kappa shape index (κ2) is 34.9. The van der Waals surface area contributed by atoms with Gasteiger partial charge in [-0.3, -0.25) is 37.3 Å². The van der Waals surface area contributed by atoms with Gasteiger partial charge in [0.05, 0.1) is 31.7 Å². The van der Waals surface area contributed by atoms with E-state index in [0.717, 1.165) is 18.7 Å². The van der Waals surface area contributed by atoms with E-state index in [0.29, 0.717) is 22.3 Å². The first-order valence-corrected chi connectivity index (χ1v) is 36.0. The number of anilines is 4. The number of nitrogens with one attached hydrogen (secondary N) is 4. The van der Waals surface area contributed by atoms with Gasteiger partial charge >= 0.3 is 31.3 Å². The van der Waals surface area contributed by atoms with Crippen molar-refractivity contribution in [1.29, 1.82) is 0 Å². The van der Waals surface area contributed by atoms with Crippen molar-refractivity contribution in [2.45, 2.75) is 67.5 Å². The van der Waals surface area contributed by atoms with Crippen LogP contribution < -0.4 is 21.3 Å². The minimum Gasteiger partial charge on any atom is -0.318 e. The monoisotopic (exact) mass is 1700 g/mol. The molecule has 0 radical (unpaired) electrons. The topological polar surface area (TPSA) is 455 Å². The van der Waals surface area contributed by atoms with Gasteiger partial charge in [-0.1, -0.05) is 93.9 Å². The highest BCUT2D eigenvalue weighted by molar-refractivity contribution is 9.11. The number of carbonyl (C=O) groups is 4. The summed E-state index contributed by atoms with van der Waals surface area (Å²) in [6.07, 6.45) is -2.68. The number of benzene rings is 4. The molecule has 48 heteroatoms. The fourth-order valence-corrected chi connectivity index (χ4v) is 11.0. The fourth-order valence-electron chi connectivity index (χ4n) is 7.51. The number of phosphoric ester groups is 4. The van der Waals surface area contributed by atoms with E-state index in [-0.39, 0.29) is 85.1 Å². The predicted octanol–water partition coefficient (Wildman–Crippen LogP) is 13.2. The second-order valence-electron chi connectivity index (χ2n) is 19.3. The molecule has 32 nitrogen and oxygen atoms in total. The Morgan fingerprint density at radius 2 is 0.704 bits per heavy atom. The molecule has 8 rings (SSSR count). The van der Waals surface area contributed by atoms with Crippen LogP contribution in [0.5, 0.6) is 0 Å². The maximum absolute atomic E-state index is 13.9. The maximum Gasteiger partial charge on any atom is 0.471 e. The van der Waals surface area contributed by atoms with Gasteiger partial charge in [0.25, 0.3) is 23.6 Å². The van der Waals surface area contributed by atoms with Gasteiger partial charge in [0.2, 0.25) is 0 Å². The molecule has 0 spiro atoms. The van der Waals surface area contributed by atoms with E-state index in [1.54, 1.807) is 52.0 Å². The minimum atomic E-state index is -4.86. The van der Waals surface area contributed by atoms with Crippen molar-refractivity contribution < 1.29 is 112 Å². The number of amides is 4. The van der Waals surface area contributed by atoms with Crippen LogP contribution in [0.4, 0.5) is 40.3 Å². The van der Waals surface area contributed by atoms with Crippen molar-refractivity contribution in [3.63, 3.8) is 0 Å². The van der Waals surface area contributed by atoms with Crippen LogP contribution in [0.15, 0.2) is 81.7 Å². The molecule has 4 heterocycles. The van der Waals surface area contributed by atoms with Crippen LogP contribution in [0.25, 0.3) is 0 Å². The molecule has 4 aromatic carbocycles. The molecule has 2 atom stereocenters. The lowest BCUT2D eigenvalue weighted by Gasteiger charge is -2.16. The van der Waals surface area contributed by atoms with E-state index in [1.165, 1.54) is 62.4 Å².